The second kappa shape index (κ2) is 6.36. The molecule has 1 unspecified atom stereocenters. The lowest BCUT2D eigenvalue weighted by molar-refractivity contribution is -0.134. The van der Waals surface area contributed by atoms with Gasteiger partial charge in [-0.15, -0.1) is 0 Å². The highest BCUT2D eigenvalue weighted by Gasteiger charge is 2.28. The van der Waals surface area contributed by atoms with E-state index in [1.807, 2.05) is 4.90 Å². The summed E-state index contributed by atoms with van der Waals surface area (Å²) in [6, 6.07) is -0.0295. The lowest BCUT2D eigenvalue weighted by Gasteiger charge is -2.33. The van der Waals surface area contributed by atoms with Crippen molar-refractivity contribution >= 4 is 5.91 Å². The third-order valence-electron chi connectivity index (χ3n) is 2.99. The summed E-state index contributed by atoms with van der Waals surface area (Å²) in [5.74, 6) is 0.267. The normalized spacial score (nSPS) is 19.2. The maximum Gasteiger partial charge on any atom is 0.239 e. The minimum Gasteiger partial charge on any atom is -0.339 e. The molecule has 1 atom stereocenters. The van der Waals surface area contributed by atoms with Crippen LogP contribution in [0.2, 0.25) is 0 Å². The molecule has 1 saturated heterocycles. The average Bonchev–Trinajstić information content (AvgIpc) is 2.27. The standard InChI is InChI=1S/C13H27N3O/c1-5-15-11(10-13(2,3)4)12(17)16-8-6-14-7-9-16/h11,14-15H,5-10H2,1-4H3. The van der Waals surface area contributed by atoms with E-state index in [-0.39, 0.29) is 17.4 Å². The number of carbonyl (C=O) groups excluding carboxylic acids is 1. The highest BCUT2D eigenvalue weighted by atomic mass is 16.2. The molecule has 1 amide bonds. The molecule has 0 bridgehead atoms. The summed E-state index contributed by atoms with van der Waals surface area (Å²) in [7, 11) is 0. The largest absolute Gasteiger partial charge is 0.339 e. The number of carbonyl (C=O) groups is 1. The van der Waals surface area contributed by atoms with Gasteiger partial charge in [0.15, 0.2) is 0 Å². The molecule has 0 aliphatic carbocycles. The van der Waals surface area contributed by atoms with E-state index in [0.29, 0.717) is 0 Å². The number of hydrogen-bond acceptors (Lipinski definition) is 3. The summed E-state index contributed by atoms with van der Waals surface area (Å²) in [6.45, 7) is 13.0. The van der Waals surface area contributed by atoms with Gasteiger partial charge in [0, 0.05) is 26.2 Å². The van der Waals surface area contributed by atoms with E-state index in [1.165, 1.54) is 0 Å². The number of rotatable bonds is 4. The molecular formula is C13H27N3O. The smallest absolute Gasteiger partial charge is 0.239 e. The number of piperazine rings is 1. The van der Waals surface area contributed by atoms with Crippen LogP contribution in [0.5, 0.6) is 0 Å². The van der Waals surface area contributed by atoms with Crippen molar-refractivity contribution in [2.45, 2.75) is 40.2 Å². The Morgan fingerprint density at radius 2 is 1.94 bits per heavy atom. The number of hydrogen-bond donors (Lipinski definition) is 2. The summed E-state index contributed by atoms with van der Waals surface area (Å²) in [5.41, 5.74) is 0.177. The molecule has 4 heteroatoms. The molecule has 0 saturated carbocycles. The zero-order valence-electron chi connectivity index (χ0n) is 11.7. The van der Waals surface area contributed by atoms with Crippen LogP contribution in [0, 0.1) is 5.41 Å². The van der Waals surface area contributed by atoms with E-state index in [4.69, 9.17) is 0 Å². The zero-order chi connectivity index (χ0) is 12.9. The number of nitrogens with one attached hydrogen (secondary N) is 2. The number of nitrogens with zero attached hydrogens (tertiary/aromatic N) is 1. The Bertz CT molecular complexity index is 242. The van der Waals surface area contributed by atoms with Crippen LogP contribution >= 0.6 is 0 Å². The van der Waals surface area contributed by atoms with Crippen molar-refractivity contribution in [3.8, 4) is 0 Å². The monoisotopic (exact) mass is 241 g/mol. The summed E-state index contributed by atoms with van der Waals surface area (Å²) >= 11 is 0. The van der Waals surface area contributed by atoms with Crippen LogP contribution in [0.3, 0.4) is 0 Å². The van der Waals surface area contributed by atoms with Gasteiger partial charge < -0.3 is 15.5 Å². The van der Waals surface area contributed by atoms with Gasteiger partial charge in [-0.3, -0.25) is 4.79 Å². The molecule has 1 rings (SSSR count). The summed E-state index contributed by atoms with van der Waals surface area (Å²) < 4.78 is 0. The summed E-state index contributed by atoms with van der Waals surface area (Å²) in [5, 5.41) is 6.60. The van der Waals surface area contributed by atoms with Gasteiger partial charge in [0.1, 0.15) is 0 Å². The number of amides is 1. The van der Waals surface area contributed by atoms with E-state index in [9.17, 15) is 4.79 Å². The van der Waals surface area contributed by atoms with Gasteiger partial charge in [-0.25, -0.2) is 0 Å². The molecule has 0 aromatic carbocycles. The molecule has 0 spiro atoms. The predicted octanol–water partition coefficient (Wildman–Crippen LogP) is 0.833. The van der Waals surface area contributed by atoms with Gasteiger partial charge in [-0.05, 0) is 18.4 Å². The van der Waals surface area contributed by atoms with Crippen molar-refractivity contribution in [2.75, 3.05) is 32.7 Å². The topological polar surface area (TPSA) is 44.4 Å². The molecule has 2 N–H and O–H groups in total. The van der Waals surface area contributed by atoms with Crippen LogP contribution in [-0.4, -0.2) is 49.6 Å². The fourth-order valence-electron chi connectivity index (χ4n) is 2.21. The third-order valence-corrected chi connectivity index (χ3v) is 2.99. The van der Waals surface area contributed by atoms with Crippen molar-refractivity contribution < 1.29 is 4.79 Å². The lowest BCUT2D eigenvalue weighted by atomic mass is 9.87. The predicted molar refractivity (Wildman–Crippen MR) is 71.0 cm³/mol. The second-order valence-corrected chi connectivity index (χ2v) is 5.95. The van der Waals surface area contributed by atoms with Gasteiger partial charge >= 0.3 is 0 Å². The van der Waals surface area contributed by atoms with Gasteiger partial charge in [-0.2, -0.15) is 0 Å². The number of likely N-dealkylation sites (N-methyl/N-ethyl adjacent to an activating group) is 1. The van der Waals surface area contributed by atoms with Crippen LogP contribution in [-0.2, 0) is 4.79 Å². The fraction of sp³-hybridized carbons (Fsp3) is 0.923. The van der Waals surface area contributed by atoms with Crippen molar-refractivity contribution in [1.29, 1.82) is 0 Å². The molecular weight excluding hydrogens is 214 g/mol. The molecule has 1 aliphatic heterocycles. The Kier molecular flexibility index (Phi) is 5.40. The van der Waals surface area contributed by atoms with E-state index in [2.05, 4.69) is 38.3 Å². The molecule has 17 heavy (non-hydrogen) atoms. The van der Waals surface area contributed by atoms with E-state index in [0.717, 1.165) is 39.1 Å². The first kappa shape index (κ1) is 14.5. The molecule has 1 heterocycles. The van der Waals surface area contributed by atoms with Crippen molar-refractivity contribution in [1.82, 2.24) is 15.5 Å². The second-order valence-electron chi connectivity index (χ2n) is 5.95. The summed E-state index contributed by atoms with van der Waals surface area (Å²) in [4.78, 5) is 14.4. The van der Waals surface area contributed by atoms with Crippen LogP contribution in [0.15, 0.2) is 0 Å². The molecule has 0 radical (unpaired) electrons. The molecule has 1 aliphatic rings. The highest BCUT2D eigenvalue weighted by Crippen LogP contribution is 2.21. The van der Waals surface area contributed by atoms with Gasteiger partial charge in [-0.1, -0.05) is 27.7 Å². The van der Waals surface area contributed by atoms with E-state index in [1.54, 1.807) is 0 Å². The fourth-order valence-corrected chi connectivity index (χ4v) is 2.21. The summed E-state index contributed by atoms with van der Waals surface area (Å²) in [6.07, 6.45) is 0.892. The quantitative estimate of drug-likeness (QED) is 0.766. The van der Waals surface area contributed by atoms with Crippen LogP contribution in [0.4, 0.5) is 0 Å². The maximum absolute atomic E-state index is 12.4. The third kappa shape index (κ3) is 5.04. The first-order valence-electron chi connectivity index (χ1n) is 6.67. The van der Waals surface area contributed by atoms with Crippen LogP contribution in [0.1, 0.15) is 34.1 Å². The Hall–Kier alpha value is -0.610. The first-order valence-corrected chi connectivity index (χ1v) is 6.67. The van der Waals surface area contributed by atoms with Crippen LogP contribution < -0.4 is 10.6 Å². The average molecular weight is 241 g/mol. The van der Waals surface area contributed by atoms with Gasteiger partial charge in [0.2, 0.25) is 5.91 Å². The van der Waals surface area contributed by atoms with Crippen molar-refractivity contribution in [3.63, 3.8) is 0 Å². The van der Waals surface area contributed by atoms with E-state index < -0.39 is 0 Å². The van der Waals surface area contributed by atoms with Crippen LogP contribution in [0.25, 0.3) is 0 Å². The zero-order valence-corrected chi connectivity index (χ0v) is 11.7. The Morgan fingerprint density at radius 1 is 1.35 bits per heavy atom. The molecule has 4 nitrogen and oxygen atoms in total. The molecule has 100 valence electrons. The minimum absolute atomic E-state index is 0.0295. The van der Waals surface area contributed by atoms with Gasteiger partial charge in [0.25, 0.3) is 0 Å². The van der Waals surface area contributed by atoms with E-state index >= 15 is 0 Å². The Balaban J connectivity index is 2.58. The lowest BCUT2D eigenvalue weighted by Crippen LogP contribution is -2.53. The maximum atomic E-state index is 12.4. The Morgan fingerprint density at radius 3 is 2.41 bits per heavy atom. The highest BCUT2D eigenvalue weighted by molar-refractivity contribution is 5.82. The molecule has 0 aromatic heterocycles. The first-order chi connectivity index (χ1) is 7.94. The molecule has 0 aromatic rings. The molecule has 1 fully saturated rings. The minimum atomic E-state index is -0.0295. The Labute approximate surface area is 105 Å². The van der Waals surface area contributed by atoms with Gasteiger partial charge in [0.05, 0.1) is 6.04 Å². The van der Waals surface area contributed by atoms with Crippen molar-refractivity contribution in [3.05, 3.63) is 0 Å². The SMILES string of the molecule is CCNC(CC(C)(C)C)C(=O)N1CCNCC1. The van der Waals surface area contributed by atoms with Crippen molar-refractivity contribution in [2.24, 2.45) is 5.41 Å².